The number of aliphatic imine (C=N–C) groups is 1. The molecular weight excluding hydrogens is 398 g/mol. The minimum absolute atomic E-state index is 0.126. The molecule has 2 N–H and O–H groups in total. The van der Waals surface area contributed by atoms with E-state index in [2.05, 4.69) is 69.7 Å². The molecule has 0 atom stereocenters. The van der Waals surface area contributed by atoms with Crippen LogP contribution in [0.2, 0.25) is 0 Å². The number of likely N-dealkylation sites (tertiary alicyclic amines) is 1. The molecule has 1 aromatic carbocycles. The van der Waals surface area contributed by atoms with Crippen LogP contribution in [0.15, 0.2) is 39.7 Å². The molecule has 1 aromatic heterocycles. The van der Waals surface area contributed by atoms with Gasteiger partial charge >= 0.3 is 0 Å². The molecule has 1 saturated heterocycles. The lowest BCUT2D eigenvalue weighted by Gasteiger charge is -2.34. The highest BCUT2D eigenvalue weighted by molar-refractivity contribution is 5.79. The van der Waals surface area contributed by atoms with E-state index in [1.54, 1.807) is 0 Å². The van der Waals surface area contributed by atoms with Crippen molar-refractivity contribution >= 4 is 5.96 Å². The standard InChI is InChI=1S/C26H41N5O/c1-6-26(7-2,23-11-9-8-10-12-23)19-29-25(27-5)28-17-22-13-15-31(16-14-22)18-24-30-20(3)21(4)32-24/h8-12,22H,6-7,13-19H2,1-5H3,(H2,27,28,29). The largest absolute Gasteiger partial charge is 0.444 e. The van der Waals surface area contributed by atoms with Crippen molar-refractivity contribution in [1.29, 1.82) is 0 Å². The van der Waals surface area contributed by atoms with E-state index in [1.807, 2.05) is 20.9 Å². The van der Waals surface area contributed by atoms with Gasteiger partial charge < -0.3 is 15.1 Å². The minimum atomic E-state index is 0.126. The van der Waals surface area contributed by atoms with Gasteiger partial charge in [0.25, 0.3) is 0 Å². The summed E-state index contributed by atoms with van der Waals surface area (Å²) in [5.74, 6) is 3.34. The quantitative estimate of drug-likeness (QED) is 0.447. The van der Waals surface area contributed by atoms with E-state index in [0.29, 0.717) is 5.92 Å². The van der Waals surface area contributed by atoms with Crippen LogP contribution in [0.1, 0.15) is 62.4 Å². The molecule has 2 aromatic rings. The normalized spacial score (nSPS) is 16.3. The van der Waals surface area contributed by atoms with Crippen molar-refractivity contribution in [2.75, 3.05) is 33.2 Å². The summed E-state index contributed by atoms with van der Waals surface area (Å²) >= 11 is 0. The number of piperidine rings is 1. The van der Waals surface area contributed by atoms with Gasteiger partial charge in [-0.1, -0.05) is 44.2 Å². The van der Waals surface area contributed by atoms with Crippen molar-refractivity contribution in [1.82, 2.24) is 20.5 Å². The van der Waals surface area contributed by atoms with Gasteiger partial charge in [0.15, 0.2) is 5.96 Å². The van der Waals surface area contributed by atoms with Crippen molar-refractivity contribution in [3.8, 4) is 0 Å². The first-order valence-corrected chi connectivity index (χ1v) is 12.1. The highest BCUT2D eigenvalue weighted by atomic mass is 16.4. The molecule has 32 heavy (non-hydrogen) atoms. The van der Waals surface area contributed by atoms with Crippen LogP contribution < -0.4 is 10.6 Å². The monoisotopic (exact) mass is 439 g/mol. The molecule has 1 aliphatic heterocycles. The van der Waals surface area contributed by atoms with E-state index >= 15 is 0 Å². The Morgan fingerprint density at radius 1 is 1.12 bits per heavy atom. The first-order valence-electron chi connectivity index (χ1n) is 12.1. The van der Waals surface area contributed by atoms with Crippen LogP contribution in [-0.4, -0.2) is 49.1 Å². The zero-order valence-corrected chi connectivity index (χ0v) is 20.6. The predicted molar refractivity (Wildman–Crippen MR) is 132 cm³/mol. The third kappa shape index (κ3) is 6.12. The molecule has 6 heteroatoms. The number of oxazole rings is 1. The van der Waals surface area contributed by atoms with Crippen LogP contribution in [0.25, 0.3) is 0 Å². The number of guanidine groups is 1. The molecule has 0 radical (unpaired) electrons. The summed E-state index contributed by atoms with van der Waals surface area (Å²) in [5.41, 5.74) is 2.53. The summed E-state index contributed by atoms with van der Waals surface area (Å²) in [6.07, 6.45) is 4.56. The Balaban J connectivity index is 1.44. The first kappa shape index (κ1) is 24.3. The molecule has 0 aliphatic carbocycles. The van der Waals surface area contributed by atoms with Gasteiger partial charge in [-0.2, -0.15) is 0 Å². The van der Waals surface area contributed by atoms with E-state index in [4.69, 9.17) is 4.42 Å². The van der Waals surface area contributed by atoms with Gasteiger partial charge in [-0.25, -0.2) is 4.98 Å². The second kappa shape index (κ2) is 11.5. The van der Waals surface area contributed by atoms with Crippen molar-refractivity contribution in [2.45, 2.75) is 65.3 Å². The second-order valence-corrected chi connectivity index (χ2v) is 9.13. The van der Waals surface area contributed by atoms with Gasteiger partial charge in [0.2, 0.25) is 5.89 Å². The highest BCUT2D eigenvalue weighted by Gasteiger charge is 2.28. The summed E-state index contributed by atoms with van der Waals surface area (Å²) in [6, 6.07) is 10.9. The van der Waals surface area contributed by atoms with Crippen LogP contribution in [0.3, 0.4) is 0 Å². The zero-order valence-electron chi connectivity index (χ0n) is 20.6. The zero-order chi connectivity index (χ0) is 23.0. The number of benzene rings is 1. The maximum atomic E-state index is 5.75. The number of hydrogen-bond acceptors (Lipinski definition) is 4. The summed E-state index contributed by atoms with van der Waals surface area (Å²) in [6.45, 7) is 13.4. The number of hydrogen-bond donors (Lipinski definition) is 2. The molecule has 0 unspecified atom stereocenters. The lowest BCUT2D eigenvalue weighted by molar-refractivity contribution is 0.164. The maximum absolute atomic E-state index is 5.75. The van der Waals surface area contributed by atoms with Gasteiger partial charge in [0.05, 0.1) is 12.2 Å². The second-order valence-electron chi connectivity index (χ2n) is 9.13. The fourth-order valence-electron chi connectivity index (χ4n) is 4.66. The fourth-order valence-corrected chi connectivity index (χ4v) is 4.66. The number of rotatable bonds is 9. The molecule has 1 aliphatic rings. The Morgan fingerprint density at radius 3 is 2.38 bits per heavy atom. The molecule has 6 nitrogen and oxygen atoms in total. The van der Waals surface area contributed by atoms with E-state index in [-0.39, 0.29) is 5.41 Å². The number of aryl methyl sites for hydroxylation is 2. The number of aromatic nitrogens is 1. The third-order valence-corrected chi connectivity index (χ3v) is 7.25. The van der Waals surface area contributed by atoms with Crippen LogP contribution >= 0.6 is 0 Å². The summed E-state index contributed by atoms with van der Waals surface area (Å²) in [4.78, 5) is 11.5. The summed E-state index contributed by atoms with van der Waals surface area (Å²) in [5, 5.41) is 7.18. The minimum Gasteiger partial charge on any atom is -0.444 e. The average Bonchev–Trinajstić information content (AvgIpc) is 3.14. The van der Waals surface area contributed by atoms with E-state index in [1.165, 1.54) is 18.4 Å². The predicted octanol–water partition coefficient (Wildman–Crippen LogP) is 4.43. The van der Waals surface area contributed by atoms with E-state index in [9.17, 15) is 0 Å². The molecule has 0 bridgehead atoms. The van der Waals surface area contributed by atoms with Crippen molar-refractivity contribution < 1.29 is 4.42 Å². The van der Waals surface area contributed by atoms with E-state index in [0.717, 1.165) is 68.9 Å². The van der Waals surface area contributed by atoms with Gasteiger partial charge in [-0.15, -0.1) is 0 Å². The lowest BCUT2D eigenvalue weighted by atomic mass is 9.76. The third-order valence-electron chi connectivity index (χ3n) is 7.25. The number of nitrogens with zero attached hydrogens (tertiary/aromatic N) is 3. The average molecular weight is 440 g/mol. The fraction of sp³-hybridized carbons (Fsp3) is 0.615. The topological polar surface area (TPSA) is 65.7 Å². The maximum Gasteiger partial charge on any atom is 0.208 e. The molecule has 176 valence electrons. The molecule has 2 heterocycles. The Bertz CT molecular complexity index is 829. The van der Waals surface area contributed by atoms with Gasteiger partial charge in [-0.05, 0) is 64.1 Å². The molecule has 3 rings (SSSR count). The van der Waals surface area contributed by atoms with Crippen molar-refractivity contribution in [2.24, 2.45) is 10.9 Å². The van der Waals surface area contributed by atoms with Crippen molar-refractivity contribution in [3.05, 3.63) is 53.2 Å². The lowest BCUT2D eigenvalue weighted by Crippen LogP contribution is -2.47. The van der Waals surface area contributed by atoms with E-state index < -0.39 is 0 Å². The Kier molecular flexibility index (Phi) is 8.74. The SMILES string of the molecule is CCC(CC)(CNC(=NC)NCC1CCN(Cc2nc(C)c(C)o2)CC1)c1ccccc1. The smallest absolute Gasteiger partial charge is 0.208 e. The molecule has 0 saturated carbocycles. The van der Waals surface area contributed by atoms with Crippen molar-refractivity contribution in [3.63, 3.8) is 0 Å². The van der Waals surface area contributed by atoms with Crippen LogP contribution in [0.4, 0.5) is 0 Å². The Labute approximate surface area is 193 Å². The molecule has 0 amide bonds. The van der Waals surface area contributed by atoms with Gasteiger partial charge in [-0.3, -0.25) is 9.89 Å². The van der Waals surface area contributed by atoms with Crippen LogP contribution in [-0.2, 0) is 12.0 Å². The summed E-state index contributed by atoms with van der Waals surface area (Å²) < 4.78 is 5.75. The van der Waals surface area contributed by atoms with Gasteiger partial charge in [0, 0.05) is 25.6 Å². The molecule has 0 spiro atoms. The van der Waals surface area contributed by atoms with Crippen LogP contribution in [0, 0.1) is 19.8 Å². The number of nitrogens with one attached hydrogen (secondary N) is 2. The highest BCUT2D eigenvalue weighted by Crippen LogP contribution is 2.30. The Morgan fingerprint density at radius 2 is 1.81 bits per heavy atom. The van der Waals surface area contributed by atoms with Gasteiger partial charge in [0.1, 0.15) is 5.76 Å². The molecule has 1 fully saturated rings. The van der Waals surface area contributed by atoms with Crippen LogP contribution in [0.5, 0.6) is 0 Å². The summed E-state index contributed by atoms with van der Waals surface area (Å²) in [7, 11) is 1.86. The molecular formula is C26H41N5O. The Hall–Kier alpha value is -2.34. The first-order chi connectivity index (χ1) is 15.5.